The van der Waals surface area contributed by atoms with E-state index in [9.17, 15) is 0 Å². The van der Waals surface area contributed by atoms with Crippen LogP contribution in [0.4, 0.5) is 0 Å². The maximum absolute atomic E-state index is 5.64. The first-order chi connectivity index (χ1) is 7.14. The summed E-state index contributed by atoms with van der Waals surface area (Å²) >= 11 is 0. The van der Waals surface area contributed by atoms with E-state index >= 15 is 0 Å². The second-order valence-corrected chi connectivity index (χ2v) is 6.91. The van der Waals surface area contributed by atoms with Crippen LogP contribution in [0.3, 0.4) is 0 Å². The molecule has 0 fully saturated rings. The molecule has 0 heterocycles. The minimum atomic E-state index is -2.28. The van der Waals surface area contributed by atoms with Gasteiger partial charge in [0, 0.05) is 20.3 Å². The van der Waals surface area contributed by atoms with Gasteiger partial charge in [-0.15, -0.1) is 6.58 Å². The van der Waals surface area contributed by atoms with Crippen LogP contribution in [-0.4, -0.2) is 22.8 Å². The molecular formula is C12H18O2Si. The molecule has 0 N–H and O–H groups in total. The van der Waals surface area contributed by atoms with Crippen LogP contribution in [0.5, 0.6) is 0 Å². The van der Waals surface area contributed by atoms with Gasteiger partial charge in [0.2, 0.25) is 0 Å². The summed E-state index contributed by atoms with van der Waals surface area (Å²) in [6, 6.07) is 10.9. The lowest BCUT2D eigenvalue weighted by atomic mass is 10.4. The zero-order chi connectivity index (χ0) is 11.3. The monoisotopic (exact) mass is 222 g/mol. The summed E-state index contributed by atoms with van der Waals surface area (Å²) < 4.78 is 11.3. The number of rotatable bonds is 5. The molecular weight excluding hydrogens is 204 g/mol. The van der Waals surface area contributed by atoms with Crippen molar-refractivity contribution in [2.45, 2.75) is 13.0 Å². The third-order valence-corrected chi connectivity index (χ3v) is 6.01. The van der Waals surface area contributed by atoms with Crippen molar-refractivity contribution in [2.24, 2.45) is 0 Å². The van der Waals surface area contributed by atoms with Crippen LogP contribution in [0.1, 0.15) is 6.92 Å². The van der Waals surface area contributed by atoms with Crippen LogP contribution in [0, 0.1) is 0 Å². The number of benzene rings is 1. The van der Waals surface area contributed by atoms with Crippen molar-refractivity contribution in [1.82, 2.24) is 0 Å². The summed E-state index contributed by atoms with van der Waals surface area (Å²) in [5.74, 6) is 0. The van der Waals surface area contributed by atoms with Crippen LogP contribution < -0.4 is 5.19 Å². The van der Waals surface area contributed by atoms with E-state index in [-0.39, 0.29) is 0 Å². The Kier molecular flexibility index (Phi) is 4.26. The molecule has 0 aliphatic rings. The van der Waals surface area contributed by atoms with Gasteiger partial charge in [0.25, 0.3) is 0 Å². The fraction of sp³-hybridized carbons (Fsp3) is 0.333. The first-order valence-electron chi connectivity index (χ1n) is 4.95. The molecule has 15 heavy (non-hydrogen) atoms. The Morgan fingerprint density at radius 3 is 2.13 bits per heavy atom. The SMILES string of the molecule is C=C(C)C[Si](OC)(OC)c1ccccc1. The predicted molar refractivity (Wildman–Crippen MR) is 65.5 cm³/mol. The van der Waals surface area contributed by atoms with E-state index in [1.807, 2.05) is 25.1 Å². The van der Waals surface area contributed by atoms with Crippen molar-refractivity contribution in [2.75, 3.05) is 14.2 Å². The van der Waals surface area contributed by atoms with E-state index < -0.39 is 8.56 Å². The Morgan fingerprint density at radius 1 is 1.20 bits per heavy atom. The molecule has 0 bridgehead atoms. The molecule has 0 atom stereocenters. The minimum absolute atomic E-state index is 0.796. The van der Waals surface area contributed by atoms with Gasteiger partial charge in [-0.05, 0) is 12.1 Å². The zero-order valence-electron chi connectivity index (χ0n) is 9.62. The maximum Gasteiger partial charge on any atom is 0.376 e. The van der Waals surface area contributed by atoms with E-state index in [2.05, 4.69) is 18.7 Å². The topological polar surface area (TPSA) is 18.5 Å². The van der Waals surface area contributed by atoms with Gasteiger partial charge in [-0.1, -0.05) is 35.9 Å². The molecule has 0 saturated carbocycles. The summed E-state index contributed by atoms with van der Waals surface area (Å²) in [6.07, 6.45) is 0. The van der Waals surface area contributed by atoms with Gasteiger partial charge in [0.05, 0.1) is 0 Å². The maximum atomic E-state index is 5.64. The van der Waals surface area contributed by atoms with Crippen molar-refractivity contribution in [3.63, 3.8) is 0 Å². The fourth-order valence-corrected chi connectivity index (χ4v) is 4.28. The van der Waals surface area contributed by atoms with Crippen molar-refractivity contribution in [1.29, 1.82) is 0 Å². The minimum Gasteiger partial charge on any atom is -0.394 e. The molecule has 0 spiro atoms. The molecule has 1 rings (SSSR count). The zero-order valence-corrected chi connectivity index (χ0v) is 10.6. The van der Waals surface area contributed by atoms with Gasteiger partial charge in [-0.25, -0.2) is 0 Å². The van der Waals surface area contributed by atoms with Crippen molar-refractivity contribution in [3.05, 3.63) is 42.5 Å². The first kappa shape index (κ1) is 12.2. The third-order valence-electron chi connectivity index (χ3n) is 2.41. The molecule has 0 amide bonds. The Balaban J connectivity index is 3.05. The standard InChI is InChI=1S/C12H18O2Si/c1-11(2)10-15(13-3,14-4)12-8-6-5-7-9-12/h5-9H,1,10H2,2-4H3. The summed E-state index contributed by atoms with van der Waals surface area (Å²) in [4.78, 5) is 0. The van der Waals surface area contributed by atoms with E-state index in [0.29, 0.717) is 0 Å². The van der Waals surface area contributed by atoms with E-state index in [0.717, 1.165) is 16.8 Å². The highest BCUT2D eigenvalue weighted by Crippen LogP contribution is 2.16. The Morgan fingerprint density at radius 2 is 1.73 bits per heavy atom. The summed E-state index contributed by atoms with van der Waals surface area (Å²) in [5.41, 5.74) is 1.09. The van der Waals surface area contributed by atoms with Gasteiger partial charge < -0.3 is 8.85 Å². The van der Waals surface area contributed by atoms with Crippen LogP contribution in [0.15, 0.2) is 42.5 Å². The molecule has 0 saturated heterocycles. The lowest BCUT2D eigenvalue weighted by Gasteiger charge is -2.27. The highest BCUT2D eigenvalue weighted by molar-refractivity contribution is 6.81. The van der Waals surface area contributed by atoms with Crippen LogP contribution >= 0.6 is 0 Å². The normalized spacial score (nSPS) is 11.4. The molecule has 1 aromatic carbocycles. The second-order valence-electron chi connectivity index (χ2n) is 3.66. The fourth-order valence-electron chi connectivity index (χ4n) is 1.65. The molecule has 82 valence electrons. The predicted octanol–water partition coefficient (Wildman–Crippen LogP) is 2.20. The lowest BCUT2D eigenvalue weighted by Crippen LogP contribution is -2.52. The molecule has 0 radical (unpaired) electrons. The summed E-state index contributed by atoms with van der Waals surface area (Å²) in [5, 5.41) is 1.15. The lowest BCUT2D eigenvalue weighted by molar-refractivity contribution is 0.260. The van der Waals surface area contributed by atoms with Crippen molar-refractivity contribution in [3.8, 4) is 0 Å². The van der Waals surface area contributed by atoms with Crippen molar-refractivity contribution >= 4 is 13.7 Å². The van der Waals surface area contributed by atoms with Gasteiger partial charge in [0.15, 0.2) is 0 Å². The van der Waals surface area contributed by atoms with Crippen molar-refractivity contribution < 1.29 is 8.85 Å². The highest BCUT2D eigenvalue weighted by atomic mass is 28.4. The van der Waals surface area contributed by atoms with E-state index in [1.165, 1.54) is 0 Å². The second kappa shape index (κ2) is 5.26. The average molecular weight is 222 g/mol. The molecule has 1 aromatic rings. The van der Waals surface area contributed by atoms with Gasteiger partial charge in [-0.3, -0.25) is 0 Å². The van der Waals surface area contributed by atoms with Gasteiger partial charge >= 0.3 is 8.56 Å². The summed E-state index contributed by atoms with van der Waals surface area (Å²) in [6.45, 7) is 5.94. The number of allylic oxidation sites excluding steroid dienone is 1. The molecule has 0 aromatic heterocycles. The Labute approximate surface area is 92.8 Å². The molecule has 2 nitrogen and oxygen atoms in total. The Hall–Kier alpha value is -0.903. The smallest absolute Gasteiger partial charge is 0.376 e. The van der Waals surface area contributed by atoms with E-state index in [4.69, 9.17) is 8.85 Å². The van der Waals surface area contributed by atoms with Crippen LogP contribution in [0.25, 0.3) is 0 Å². The highest BCUT2D eigenvalue weighted by Gasteiger charge is 2.37. The molecule has 3 heteroatoms. The third kappa shape index (κ3) is 2.78. The average Bonchev–Trinajstić information content (AvgIpc) is 2.27. The van der Waals surface area contributed by atoms with Gasteiger partial charge in [-0.2, -0.15) is 0 Å². The quantitative estimate of drug-likeness (QED) is 0.562. The summed E-state index contributed by atoms with van der Waals surface area (Å²) in [7, 11) is 1.15. The molecule has 0 unspecified atom stereocenters. The van der Waals surface area contributed by atoms with Gasteiger partial charge in [0.1, 0.15) is 0 Å². The molecule has 0 aliphatic heterocycles. The largest absolute Gasteiger partial charge is 0.394 e. The Bertz CT molecular complexity index is 318. The van der Waals surface area contributed by atoms with Crippen LogP contribution in [0.2, 0.25) is 6.04 Å². The first-order valence-corrected chi connectivity index (χ1v) is 6.97. The molecule has 0 aliphatic carbocycles. The number of hydrogen-bond donors (Lipinski definition) is 0. The number of hydrogen-bond acceptors (Lipinski definition) is 2. The van der Waals surface area contributed by atoms with Crippen LogP contribution in [-0.2, 0) is 8.85 Å². The van der Waals surface area contributed by atoms with E-state index in [1.54, 1.807) is 14.2 Å².